The Bertz CT molecular complexity index is 977. The Morgan fingerprint density at radius 1 is 0.914 bits per heavy atom. The van der Waals surface area contributed by atoms with Gasteiger partial charge in [-0.2, -0.15) is 5.26 Å². The van der Waals surface area contributed by atoms with Crippen molar-refractivity contribution in [2.24, 2.45) is 0 Å². The van der Waals surface area contributed by atoms with Crippen molar-refractivity contribution < 1.29 is 28.8 Å². The predicted octanol–water partition coefficient (Wildman–Crippen LogP) is 3.79. The number of benzene rings is 2. The van der Waals surface area contributed by atoms with E-state index in [1.807, 2.05) is 25.2 Å². The molecule has 2 rings (SSSR count). The molecule has 0 saturated heterocycles. The van der Waals surface area contributed by atoms with Crippen LogP contribution in [0.15, 0.2) is 36.4 Å². The van der Waals surface area contributed by atoms with Crippen LogP contribution in [-0.2, 0) is 16.6 Å². The third-order valence-corrected chi connectivity index (χ3v) is 6.19. The number of likely N-dealkylation sites (N-methyl/N-ethyl adjacent to an activating group) is 1. The van der Waals surface area contributed by atoms with Gasteiger partial charge in [0.2, 0.25) is 0 Å². The molecule has 0 radical (unpaired) electrons. The highest BCUT2D eigenvalue weighted by Gasteiger charge is 2.41. The Kier molecular flexibility index (Phi) is 11.1. The van der Waals surface area contributed by atoms with Crippen LogP contribution in [0.5, 0.6) is 23.0 Å². The average Bonchev–Trinajstić information content (AvgIpc) is 2.89. The lowest BCUT2D eigenvalue weighted by molar-refractivity contribution is -0.131. The van der Waals surface area contributed by atoms with Gasteiger partial charge in [-0.3, -0.25) is 0 Å². The fourth-order valence-corrected chi connectivity index (χ4v) is 4.10. The molecule has 2 unspecified atom stereocenters. The zero-order chi connectivity index (χ0) is 25.8. The van der Waals surface area contributed by atoms with Gasteiger partial charge in [-0.25, -0.2) is 0 Å². The first-order valence-electron chi connectivity index (χ1n) is 11.7. The molecule has 0 fully saturated rings. The standard InChI is InChI=1S/C27H38N2O6/c1-7-35-26(30)27(19-28,21-10-12-23(32-4)25(18-21)34-6)14-8-15-29(2)16-13-20-9-11-22(31-3)24(17-20)33-5/h9-12,17-18,26,30H,7-8,13-16H2,1-6H3. The summed E-state index contributed by atoms with van der Waals surface area (Å²) >= 11 is 0. The molecule has 192 valence electrons. The van der Waals surface area contributed by atoms with Gasteiger partial charge in [0.15, 0.2) is 29.3 Å². The number of aliphatic hydroxyl groups excluding tert-OH is 1. The van der Waals surface area contributed by atoms with E-state index in [9.17, 15) is 10.4 Å². The summed E-state index contributed by atoms with van der Waals surface area (Å²) in [6, 6.07) is 13.5. The molecule has 8 heteroatoms. The highest BCUT2D eigenvalue weighted by Crippen LogP contribution is 2.38. The Labute approximate surface area is 208 Å². The van der Waals surface area contributed by atoms with Gasteiger partial charge in [0.05, 0.1) is 34.5 Å². The highest BCUT2D eigenvalue weighted by molar-refractivity contribution is 5.47. The molecule has 0 aromatic heterocycles. The second-order valence-corrected chi connectivity index (χ2v) is 8.31. The number of ether oxygens (including phenoxy) is 5. The number of aliphatic hydroxyl groups is 1. The van der Waals surface area contributed by atoms with Gasteiger partial charge in [-0.1, -0.05) is 12.1 Å². The normalized spacial score (nSPS) is 13.6. The van der Waals surface area contributed by atoms with Gasteiger partial charge in [-0.15, -0.1) is 0 Å². The average molecular weight is 487 g/mol. The van der Waals surface area contributed by atoms with E-state index in [-0.39, 0.29) is 0 Å². The van der Waals surface area contributed by atoms with Crippen molar-refractivity contribution in [3.63, 3.8) is 0 Å². The van der Waals surface area contributed by atoms with Crippen LogP contribution < -0.4 is 18.9 Å². The van der Waals surface area contributed by atoms with Crippen molar-refractivity contribution in [3.8, 4) is 29.1 Å². The molecule has 2 aromatic carbocycles. The topological polar surface area (TPSA) is 93.4 Å². The molecule has 2 atom stereocenters. The van der Waals surface area contributed by atoms with Crippen molar-refractivity contribution in [3.05, 3.63) is 47.5 Å². The minimum Gasteiger partial charge on any atom is -0.493 e. The summed E-state index contributed by atoms with van der Waals surface area (Å²) in [5.74, 6) is 2.48. The summed E-state index contributed by atoms with van der Waals surface area (Å²) < 4.78 is 27.0. The van der Waals surface area contributed by atoms with E-state index < -0.39 is 11.7 Å². The largest absolute Gasteiger partial charge is 0.493 e. The van der Waals surface area contributed by atoms with E-state index in [0.29, 0.717) is 48.0 Å². The maximum atomic E-state index is 10.9. The third-order valence-electron chi connectivity index (χ3n) is 6.19. The number of hydrogen-bond acceptors (Lipinski definition) is 8. The van der Waals surface area contributed by atoms with Crippen molar-refractivity contribution in [1.82, 2.24) is 4.90 Å². The lowest BCUT2D eigenvalue weighted by Gasteiger charge is -2.32. The zero-order valence-electron chi connectivity index (χ0n) is 21.7. The molecule has 2 aromatic rings. The second kappa shape index (κ2) is 13.8. The van der Waals surface area contributed by atoms with Crippen molar-refractivity contribution in [1.29, 1.82) is 5.26 Å². The van der Waals surface area contributed by atoms with E-state index >= 15 is 0 Å². The van der Waals surface area contributed by atoms with Crippen LogP contribution >= 0.6 is 0 Å². The summed E-state index contributed by atoms with van der Waals surface area (Å²) in [5.41, 5.74) is 0.546. The summed E-state index contributed by atoms with van der Waals surface area (Å²) in [4.78, 5) is 2.21. The Hall–Kier alpha value is -2.99. The Morgan fingerprint density at radius 2 is 1.51 bits per heavy atom. The van der Waals surface area contributed by atoms with Crippen LogP contribution in [0, 0.1) is 11.3 Å². The first kappa shape index (κ1) is 28.2. The Balaban J connectivity index is 2.09. The van der Waals surface area contributed by atoms with Crippen LogP contribution in [0.1, 0.15) is 30.9 Å². The molecule has 0 bridgehead atoms. The van der Waals surface area contributed by atoms with E-state index in [4.69, 9.17) is 23.7 Å². The summed E-state index contributed by atoms with van der Waals surface area (Å²) in [5, 5.41) is 21.1. The molecule has 0 aliphatic carbocycles. The third kappa shape index (κ3) is 7.01. The number of nitrogens with zero attached hydrogens (tertiary/aromatic N) is 2. The fraction of sp³-hybridized carbons (Fsp3) is 0.519. The number of rotatable bonds is 15. The SMILES string of the molecule is CCOC(O)C(C#N)(CCCN(C)CCc1ccc(OC)c(OC)c1)c1ccc(OC)c(OC)c1. The van der Waals surface area contributed by atoms with Crippen molar-refractivity contribution in [2.75, 3.05) is 55.2 Å². The van der Waals surface area contributed by atoms with Gasteiger partial charge in [0.25, 0.3) is 0 Å². The molecule has 0 saturated carbocycles. The minimum atomic E-state index is -1.27. The molecule has 0 amide bonds. The molecule has 1 N–H and O–H groups in total. The smallest absolute Gasteiger partial charge is 0.177 e. The molecule has 0 aliphatic rings. The Morgan fingerprint density at radius 3 is 2.09 bits per heavy atom. The lowest BCUT2D eigenvalue weighted by Crippen LogP contribution is -2.41. The van der Waals surface area contributed by atoms with E-state index in [2.05, 4.69) is 11.0 Å². The molecule has 0 aliphatic heterocycles. The monoisotopic (exact) mass is 486 g/mol. The van der Waals surface area contributed by atoms with Gasteiger partial charge in [0, 0.05) is 13.2 Å². The van der Waals surface area contributed by atoms with Crippen LogP contribution in [0.4, 0.5) is 0 Å². The van der Waals surface area contributed by atoms with Gasteiger partial charge in [-0.05, 0) is 75.2 Å². The van der Waals surface area contributed by atoms with Crippen molar-refractivity contribution >= 4 is 0 Å². The second-order valence-electron chi connectivity index (χ2n) is 8.31. The molecular formula is C27H38N2O6. The van der Waals surface area contributed by atoms with Crippen LogP contribution in [0.25, 0.3) is 0 Å². The van der Waals surface area contributed by atoms with Crippen LogP contribution in [0.2, 0.25) is 0 Å². The lowest BCUT2D eigenvalue weighted by atomic mass is 9.77. The van der Waals surface area contributed by atoms with Crippen LogP contribution in [-0.4, -0.2) is 71.5 Å². The van der Waals surface area contributed by atoms with Gasteiger partial charge < -0.3 is 33.7 Å². The van der Waals surface area contributed by atoms with Gasteiger partial charge >= 0.3 is 0 Å². The summed E-state index contributed by atoms with van der Waals surface area (Å²) in [7, 11) is 8.40. The van der Waals surface area contributed by atoms with E-state index in [0.717, 1.165) is 25.1 Å². The molecular weight excluding hydrogens is 448 g/mol. The summed E-state index contributed by atoms with van der Waals surface area (Å²) in [6.45, 7) is 3.67. The maximum Gasteiger partial charge on any atom is 0.177 e. The fourth-order valence-electron chi connectivity index (χ4n) is 4.10. The first-order valence-corrected chi connectivity index (χ1v) is 11.7. The number of methoxy groups -OCH3 is 4. The van der Waals surface area contributed by atoms with E-state index in [1.54, 1.807) is 53.6 Å². The zero-order valence-corrected chi connectivity index (χ0v) is 21.7. The van der Waals surface area contributed by atoms with Gasteiger partial charge in [0.1, 0.15) is 5.41 Å². The summed E-state index contributed by atoms with van der Waals surface area (Å²) in [6.07, 6.45) is 0.681. The highest BCUT2D eigenvalue weighted by atomic mass is 16.6. The maximum absolute atomic E-state index is 10.9. The molecule has 35 heavy (non-hydrogen) atoms. The number of hydrogen-bond donors (Lipinski definition) is 1. The van der Waals surface area contributed by atoms with Crippen molar-refractivity contribution in [2.45, 2.75) is 37.9 Å². The molecule has 8 nitrogen and oxygen atoms in total. The van der Waals surface area contributed by atoms with E-state index in [1.165, 1.54) is 0 Å². The molecule has 0 heterocycles. The molecule has 0 spiro atoms. The quantitative estimate of drug-likeness (QED) is 0.380. The van der Waals surface area contributed by atoms with Crippen LogP contribution in [0.3, 0.4) is 0 Å². The number of nitriles is 1. The predicted molar refractivity (Wildman–Crippen MR) is 134 cm³/mol. The minimum absolute atomic E-state index is 0.295. The first-order chi connectivity index (χ1) is 16.9.